The normalized spacial score (nSPS) is 22.7. The van der Waals surface area contributed by atoms with Gasteiger partial charge in [0.15, 0.2) is 0 Å². The summed E-state index contributed by atoms with van der Waals surface area (Å²) in [5.41, 5.74) is -0.0755. The fraction of sp³-hybridized carbons (Fsp3) is 0.533. The van der Waals surface area contributed by atoms with Crippen LogP contribution in [-0.2, 0) is 11.3 Å². The second-order valence-corrected chi connectivity index (χ2v) is 5.39. The van der Waals surface area contributed by atoms with E-state index in [2.05, 4.69) is 4.74 Å². The third-order valence-corrected chi connectivity index (χ3v) is 4.15. The van der Waals surface area contributed by atoms with Gasteiger partial charge in [0, 0.05) is 18.7 Å². The van der Waals surface area contributed by atoms with Crippen LogP contribution in [0.4, 0.5) is 8.78 Å². The number of aliphatic carboxylic acids is 1. The van der Waals surface area contributed by atoms with E-state index < -0.39 is 18.0 Å². The monoisotopic (exact) mass is 299 g/mol. The average Bonchev–Trinajstić information content (AvgIpc) is 2.85. The molecule has 1 aromatic carbocycles. The highest BCUT2D eigenvalue weighted by atomic mass is 19.3. The first-order chi connectivity index (χ1) is 9.97. The average molecular weight is 299 g/mol. The molecule has 1 fully saturated rings. The highest BCUT2D eigenvalue weighted by Crippen LogP contribution is 2.35. The van der Waals surface area contributed by atoms with E-state index >= 15 is 0 Å². The van der Waals surface area contributed by atoms with Crippen LogP contribution in [0.2, 0.25) is 0 Å². The Labute approximate surface area is 122 Å². The fourth-order valence-electron chi connectivity index (χ4n) is 2.79. The number of benzene rings is 1. The molecule has 4 nitrogen and oxygen atoms in total. The first kappa shape index (κ1) is 15.7. The van der Waals surface area contributed by atoms with Gasteiger partial charge in [-0.3, -0.25) is 9.69 Å². The van der Waals surface area contributed by atoms with Gasteiger partial charge in [0.2, 0.25) is 0 Å². The van der Waals surface area contributed by atoms with Gasteiger partial charge in [0.05, 0.1) is 5.41 Å². The number of rotatable bonds is 6. The van der Waals surface area contributed by atoms with Gasteiger partial charge in [0.1, 0.15) is 5.75 Å². The summed E-state index contributed by atoms with van der Waals surface area (Å²) in [6, 6.07) is 6.62. The van der Waals surface area contributed by atoms with Crippen LogP contribution in [0.3, 0.4) is 0 Å². The molecule has 2 rings (SSSR count). The molecule has 1 aromatic rings. The van der Waals surface area contributed by atoms with Crippen LogP contribution >= 0.6 is 0 Å². The largest absolute Gasteiger partial charge is 0.481 e. The number of hydrogen-bond donors (Lipinski definition) is 1. The van der Waals surface area contributed by atoms with Crippen molar-refractivity contribution in [3.63, 3.8) is 0 Å². The van der Waals surface area contributed by atoms with E-state index in [9.17, 15) is 18.7 Å². The van der Waals surface area contributed by atoms with Crippen LogP contribution < -0.4 is 4.74 Å². The maximum Gasteiger partial charge on any atom is 0.387 e. The number of halogens is 2. The molecule has 1 unspecified atom stereocenters. The second-order valence-electron chi connectivity index (χ2n) is 5.39. The summed E-state index contributed by atoms with van der Waals surface area (Å²) in [6.07, 6.45) is 1.14. The molecule has 116 valence electrons. The zero-order chi connectivity index (χ0) is 15.5. The zero-order valence-corrected chi connectivity index (χ0v) is 11.9. The number of likely N-dealkylation sites (tertiary alicyclic amines) is 1. The van der Waals surface area contributed by atoms with Gasteiger partial charge in [0.25, 0.3) is 0 Å². The lowest BCUT2D eigenvalue weighted by Crippen LogP contribution is -2.33. The summed E-state index contributed by atoms with van der Waals surface area (Å²) in [7, 11) is 0. The molecule has 1 heterocycles. The Bertz CT molecular complexity index is 509. The SMILES string of the molecule is CCC1(C(=O)O)CCN(Cc2ccccc2OC(F)F)C1. The van der Waals surface area contributed by atoms with E-state index in [0.29, 0.717) is 38.0 Å². The van der Waals surface area contributed by atoms with Crippen LogP contribution in [0.15, 0.2) is 24.3 Å². The predicted molar refractivity (Wildman–Crippen MR) is 73.3 cm³/mol. The zero-order valence-electron chi connectivity index (χ0n) is 11.9. The molecule has 0 radical (unpaired) electrons. The van der Waals surface area contributed by atoms with E-state index in [-0.39, 0.29) is 5.75 Å². The van der Waals surface area contributed by atoms with Crippen LogP contribution in [0, 0.1) is 5.41 Å². The molecule has 21 heavy (non-hydrogen) atoms. The van der Waals surface area contributed by atoms with Crippen molar-refractivity contribution in [2.24, 2.45) is 5.41 Å². The molecular formula is C15H19F2NO3. The molecule has 1 aliphatic rings. The Morgan fingerprint density at radius 2 is 2.19 bits per heavy atom. The van der Waals surface area contributed by atoms with Crippen molar-refractivity contribution in [3.8, 4) is 5.75 Å². The maximum absolute atomic E-state index is 12.4. The predicted octanol–water partition coefficient (Wildman–Crippen LogP) is 2.97. The van der Waals surface area contributed by atoms with Crippen molar-refractivity contribution in [2.45, 2.75) is 32.9 Å². The van der Waals surface area contributed by atoms with Crippen molar-refractivity contribution in [3.05, 3.63) is 29.8 Å². The molecule has 0 amide bonds. The van der Waals surface area contributed by atoms with Crippen molar-refractivity contribution in [1.82, 2.24) is 4.90 Å². The Hall–Kier alpha value is -1.69. The second kappa shape index (κ2) is 6.39. The number of alkyl halides is 2. The van der Waals surface area contributed by atoms with Crippen molar-refractivity contribution >= 4 is 5.97 Å². The smallest absolute Gasteiger partial charge is 0.387 e. The molecule has 1 N–H and O–H groups in total. The number of para-hydroxylation sites is 1. The number of nitrogens with zero attached hydrogens (tertiary/aromatic N) is 1. The highest BCUT2D eigenvalue weighted by molar-refractivity contribution is 5.75. The van der Waals surface area contributed by atoms with Gasteiger partial charge in [-0.1, -0.05) is 25.1 Å². The quantitative estimate of drug-likeness (QED) is 0.877. The Balaban J connectivity index is 2.08. The minimum absolute atomic E-state index is 0.150. The summed E-state index contributed by atoms with van der Waals surface area (Å²) < 4.78 is 29.3. The minimum atomic E-state index is -2.86. The van der Waals surface area contributed by atoms with Gasteiger partial charge < -0.3 is 9.84 Å². The first-order valence-corrected chi connectivity index (χ1v) is 6.95. The van der Waals surface area contributed by atoms with Crippen LogP contribution in [0.5, 0.6) is 5.75 Å². The molecule has 0 saturated carbocycles. The van der Waals surface area contributed by atoms with Gasteiger partial charge in [-0.15, -0.1) is 0 Å². The molecule has 1 saturated heterocycles. The topological polar surface area (TPSA) is 49.8 Å². The molecule has 0 spiro atoms. The summed E-state index contributed by atoms with van der Waals surface area (Å²) in [4.78, 5) is 13.4. The minimum Gasteiger partial charge on any atom is -0.481 e. The van der Waals surface area contributed by atoms with Crippen LogP contribution in [-0.4, -0.2) is 35.7 Å². The molecule has 0 aromatic heterocycles. The molecule has 0 aliphatic carbocycles. The summed E-state index contributed by atoms with van der Waals surface area (Å²) in [5, 5.41) is 9.37. The molecule has 6 heteroatoms. The lowest BCUT2D eigenvalue weighted by molar-refractivity contribution is -0.148. The number of carbonyl (C=O) groups is 1. The number of carboxylic acid groups (broad SMARTS) is 1. The third kappa shape index (κ3) is 3.50. The third-order valence-electron chi connectivity index (χ3n) is 4.15. The number of carboxylic acids is 1. The van der Waals surface area contributed by atoms with E-state index in [1.807, 2.05) is 11.8 Å². The molecular weight excluding hydrogens is 280 g/mol. The van der Waals surface area contributed by atoms with Gasteiger partial charge in [-0.2, -0.15) is 8.78 Å². The maximum atomic E-state index is 12.4. The summed E-state index contributed by atoms with van der Waals surface area (Å²) >= 11 is 0. The standard InChI is InChI=1S/C15H19F2NO3/c1-2-15(13(19)20)7-8-18(10-15)9-11-5-3-4-6-12(11)21-14(16)17/h3-6,14H,2,7-10H2,1H3,(H,19,20). The van der Waals surface area contributed by atoms with Gasteiger partial charge in [-0.25, -0.2) is 0 Å². The number of ether oxygens (including phenoxy) is 1. The Morgan fingerprint density at radius 3 is 2.76 bits per heavy atom. The summed E-state index contributed by atoms with van der Waals surface area (Å²) in [5.74, 6) is -0.638. The van der Waals surface area contributed by atoms with E-state index in [1.54, 1.807) is 18.2 Å². The van der Waals surface area contributed by atoms with Crippen LogP contribution in [0.25, 0.3) is 0 Å². The van der Waals surface area contributed by atoms with Crippen molar-refractivity contribution < 1.29 is 23.4 Å². The van der Waals surface area contributed by atoms with Gasteiger partial charge >= 0.3 is 12.6 Å². The molecule has 1 aliphatic heterocycles. The molecule has 0 bridgehead atoms. The lowest BCUT2D eigenvalue weighted by Gasteiger charge is -2.23. The van der Waals surface area contributed by atoms with Crippen LogP contribution in [0.1, 0.15) is 25.3 Å². The van der Waals surface area contributed by atoms with Crippen molar-refractivity contribution in [2.75, 3.05) is 13.1 Å². The van der Waals surface area contributed by atoms with Gasteiger partial charge in [-0.05, 0) is 25.5 Å². The first-order valence-electron chi connectivity index (χ1n) is 6.95. The summed E-state index contributed by atoms with van der Waals surface area (Å²) in [6.45, 7) is 0.493. The number of hydrogen-bond acceptors (Lipinski definition) is 3. The Kier molecular flexibility index (Phi) is 4.77. The van der Waals surface area contributed by atoms with E-state index in [4.69, 9.17) is 0 Å². The molecule has 1 atom stereocenters. The Morgan fingerprint density at radius 1 is 1.48 bits per heavy atom. The van der Waals surface area contributed by atoms with E-state index in [1.165, 1.54) is 6.07 Å². The fourth-order valence-corrected chi connectivity index (χ4v) is 2.79. The van der Waals surface area contributed by atoms with Crippen molar-refractivity contribution in [1.29, 1.82) is 0 Å². The van der Waals surface area contributed by atoms with E-state index in [0.717, 1.165) is 0 Å². The highest BCUT2D eigenvalue weighted by Gasteiger charge is 2.43. The lowest BCUT2D eigenvalue weighted by atomic mass is 9.84.